The number of nitrogens with one attached hydrogen (secondary N) is 2. The molecular weight excluding hydrogens is 276 g/mol. The van der Waals surface area contributed by atoms with E-state index >= 15 is 0 Å². The van der Waals surface area contributed by atoms with E-state index < -0.39 is 17.6 Å². The van der Waals surface area contributed by atoms with Crippen LogP contribution in [0.25, 0.3) is 0 Å². The molecule has 1 heterocycles. The Kier molecular flexibility index (Phi) is 4.35. The molecule has 3 N–H and O–H groups in total. The molecule has 0 spiro atoms. The molecule has 0 bridgehead atoms. The monoisotopic (exact) mass is 288 g/mol. The molecule has 0 saturated heterocycles. The number of aromatic amines is 1. The summed E-state index contributed by atoms with van der Waals surface area (Å²) < 4.78 is 4.94. The Balaban J connectivity index is 2.01. The summed E-state index contributed by atoms with van der Waals surface area (Å²) >= 11 is 0. The van der Waals surface area contributed by atoms with Crippen molar-refractivity contribution >= 4 is 17.7 Å². The Hall–Kier alpha value is -3.09. The molecule has 7 heteroatoms. The fourth-order valence-electron chi connectivity index (χ4n) is 1.57. The molecule has 2 aromatic rings. The van der Waals surface area contributed by atoms with Crippen molar-refractivity contribution in [3.05, 3.63) is 64.1 Å². The van der Waals surface area contributed by atoms with Gasteiger partial charge in [-0.05, 0) is 11.6 Å². The summed E-state index contributed by atoms with van der Waals surface area (Å²) in [6, 6.07) is 10.1. The van der Waals surface area contributed by atoms with Gasteiger partial charge in [-0.2, -0.15) is 0 Å². The van der Waals surface area contributed by atoms with Gasteiger partial charge in [0.1, 0.15) is 12.3 Å². The Morgan fingerprint density at radius 3 is 2.62 bits per heavy atom. The zero-order chi connectivity index (χ0) is 15.2. The number of pyridine rings is 1. The van der Waals surface area contributed by atoms with Gasteiger partial charge in [-0.15, -0.1) is 0 Å². The number of carboxylic acid groups (broad SMARTS) is 1. The van der Waals surface area contributed by atoms with E-state index in [1.54, 1.807) is 24.3 Å². The van der Waals surface area contributed by atoms with Gasteiger partial charge in [0.25, 0.3) is 5.56 Å². The molecule has 21 heavy (non-hydrogen) atoms. The van der Waals surface area contributed by atoms with Crippen LogP contribution in [0.5, 0.6) is 0 Å². The third-order valence-corrected chi connectivity index (χ3v) is 2.60. The van der Waals surface area contributed by atoms with Crippen molar-refractivity contribution in [1.29, 1.82) is 0 Å². The lowest BCUT2D eigenvalue weighted by molar-refractivity contribution is 0.0696. The summed E-state index contributed by atoms with van der Waals surface area (Å²) in [5.74, 6) is -1.22. The largest absolute Gasteiger partial charge is 0.478 e. The van der Waals surface area contributed by atoms with E-state index in [1.807, 2.05) is 6.07 Å². The number of anilines is 1. The highest BCUT2D eigenvalue weighted by Gasteiger charge is 2.10. The predicted molar refractivity (Wildman–Crippen MR) is 74.3 cm³/mol. The van der Waals surface area contributed by atoms with Gasteiger partial charge in [0.2, 0.25) is 0 Å². The number of aromatic carboxylic acids is 1. The molecule has 0 atom stereocenters. The first kappa shape index (κ1) is 14.3. The quantitative estimate of drug-likeness (QED) is 0.795. The number of benzene rings is 1. The summed E-state index contributed by atoms with van der Waals surface area (Å²) in [6.45, 7) is 0.0448. The fourth-order valence-corrected chi connectivity index (χ4v) is 1.57. The van der Waals surface area contributed by atoms with Crippen molar-refractivity contribution in [2.75, 3.05) is 5.32 Å². The minimum Gasteiger partial charge on any atom is -0.478 e. The zero-order valence-electron chi connectivity index (χ0n) is 10.8. The fraction of sp³-hybridized carbons (Fsp3) is 0.0714. The molecule has 7 nitrogen and oxygen atoms in total. The lowest BCUT2D eigenvalue weighted by Crippen LogP contribution is -2.21. The van der Waals surface area contributed by atoms with E-state index in [9.17, 15) is 14.4 Å². The van der Waals surface area contributed by atoms with Crippen LogP contribution < -0.4 is 10.9 Å². The molecule has 0 fully saturated rings. The topological polar surface area (TPSA) is 108 Å². The number of rotatable bonds is 4. The van der Waals surface area contributed by atoms with Crippen molar-refractivity contribution in [3.63, 3.8) is 0 Å². The number of carbonyl (C=O) groups excluding carboxylic acids is 1. The minimum atomic E-state index is -1.22. The van der Waals surface area contributed by atoms with Crippen LogP contribution in [0.3, 0.4) is 0 Å². The molecule has 1 aromatic carbocycles. The van der Waals surface area contributed by atoms with Crippen LogP contribution in [-0.4, -0.2) is 22.2 Å². The molecule has 0 saturated carbocycles. The summed E-state index contributed by atoms with van der Waals surface area (Å²) in [7, 11) is 0. The van der Waals surface area contributed by atoms with Crippen molar-refractivity contribution in [2.24, 2.45) is 0 Å². The Morgan fingerprint density at radius 1 is 1.24 bits per heavy atom. The van der Waals surface area contributed by atoms with E-state index in [0.29, 0.717) is 0 Å². The van der Waals surface area contributed by atoms with E-state index in [1.165, 1.54) is 0 Å². The van der Waals surface area contributed by atoms with E-state index in [4.69, 9.17) is 9.84 Å². The molecule has 108 valence electrons. The first-order valence-corrected chi connectivity index (χ1v) is 6.00. The number of hydrogen-bond donors (Lipinski definition) is 3. The molecular formula is C14H12N2O5. The maximum Gasteiger partial charge on any atom is 0.412 e. The number of aromatic nitrogens is 1. The first-order chi connectivity index (χ1) is 10.1. The maximum absolute atomic E-state index is 11.6. The smallest absolute Gasteiger partial charge is 0.412 e. The molecule has 0 aliphatic rings. The van der Waals surface area contributed by atoms with Crippen LogP contribution in [0, 0.1) is 0 Å². The highest BCUT2D eigenvalue weighted by molar-refractivity contribution is 5.90. The number of hydrogen-bond acceptors (Lipinski definition) is 4. The Morgan fingerprint density at radius 2 is 1.95 bits per heavy atom. The normalized spacial score (nSPS) is 9.90. The Bertz CT molecular complexity index is 709. The number of H-pyrrole nitrogens is 1. The van der Waals surface area contributed by atoms with Gasteiger partial charge in [-0.25, -0.2) is 9.59 Å². The molecule has 0 unspecified atom stereocenters. The van der Waals surface area contributed by atoms with Gasteiger partial charge < -0.3 is 14.8 Å². The van der Waals surface area contributed by atoms with E-state index in [0.717, 1.165) is 17.8 Å². The first-order valence-electron chi connectivity index (χ1n) is 6.00. The zero-order valence-corrected chi connectivity index (χ0v) is 10.8. The van der Waals surface area contributed by atoms with E-state index in [2.05, 4.69) is 10.3 Å². The average molecular weight is 288 g/mol. The number of carbonyl (C=O) groups is 2. The van der Waals surface area contributed by atoms with Gasteiger partial charge in [0.05, 0.1) is 5.56 Å². The second-order valence-corrected chi connectivity index (χ2v) is 4.12. The van der Waals surface area contributed by atoms with Crippen LogP contribution in [0.4, 0.5) is 10.5 Å². The third kappa shape index (κ3) is 3.93. The standard InChI is InChI=1S/C14H12N2O5/c17-12-11(6-10(7-15-12)13(18)19)16-14(20)21-8-9-4-2-1-3-5-9/h1-7H,8H2,(H,15,17)(H,16,20)(H,18,19). The molecule has 1 amide bonds. The lowest BCUT2D eigenvalue weighted by atomic mass is 10.2. The van der Waals surface area contributed by atoms with Crippen molar-refractivity contribution in [3.8, 4) is 0 Å². The van der Waals surface area contributed by atoms with Crippen molar-refractivity contribution < 1.29 is 19.4 Å². The van der Waals surface area contributed by atoms with Crippen LogP contribution in [0.1, 0.15) is 15.9 Å². The van der Waals surface area contributed by atoms with Gasteiger partial charge in [-0.3, -0.25) is 10.1 Å². The summed E-state index contributed by atoms with van der Waals surface area (Å²) in [4.78, 5) is 36.1. The average Bonchev–Trinajstić information content (AvgIpc) is 2.48. The molecule has 0 aliphatic heterocycles. The number of carboxylic acids is 1. The van der Waals surface area contributed by atoms with E-state index in [-0.39, 0.29) is 17.9 Å². The molecule has 2 rings (SSSR count). The van der Waals surface area contributed by atoms with Crippen LogP contribution in [0.15, 0.2) is 47.4 Å². The van der Waals surface area contributed by atoms with Gasteiger partial charge in [0.15, 0.2) is 0 Å². The summed E-state index contributed by atoms with van der Waals surface area (Å²) in [5.41, 5.74) is -0.154. The second kappa shape index (κ2) is 6.38. The van der Waals surface area contributed by atoms with Gasteiger partial charge in [-0.1, -0.05) is 30.3 Å². The van der Waals surface area contributed by atoms with Crippen molar-refractivity contribution in [1.82, 2.24) is 4.98 Å². The van der Waals surface area contributed by atoms with Crippen LogP contribution in [0.2, 0.25) is 0 Å². The molecule has 1 aromatic heterocycles. The SMILES string of the molecule is O=C(Nc1cc(C(=O)O)c[nH]c1=O)OCc1ccccc1. The van der Waals surface area contributed by atoms with Crippen molar-refractivity contribution in [2.45, 2.75) is 6.61 Å². The third-order valence-electron chi connectivity index (χ3n) is 2.60. The summed E-state index contributed by atoms with van der Waals surface area (Å²) in [5, 5.41) is 11.0. The summed E-state index contributed by atoms with van der Waals surface area (Å²) in [6.07, 6.45) is 0.206. The minimum absolute atomic E-state index is 0.0448. The van der Waals surface area contributed by atoms with Crippen LogP contribution >= 0.6 is 0 Å². The highest BCUT2D eigenvalue weighted by Crippen LogP contribution is 2.06. The molecule has 0 radical (unpaired) electrons. The number of amides is 1. The van der Waals surface area contributed by atoms with Gasteiger partial charge in [0, 0.05) is 6.20 Å². The lowest BCUT2D eigenvalue weighted by Gasteiger charge is -2.07. The van der Waals surface area contributed by atoms with Gasteiger partial charge >= 0.3 is 12.1 Å². The maximum atomic E-state index is 11.6. The second-order valence-electron chi connectivity index (χ2n) is 4.12. The Labute approximate surface area is 119 Å². The molecule has 0 aliphatic carbocycles. The highest BCUT2D eigenvalue weighted by atomic mass is 16.5. The number of ether oxygens (including phenoxy) is 1. The van der Waals surface area contributed by atoms with Crippen LogP contribution in [-0.2, 0) is 11.3 Å². The predicted octanol–water partition coefficient (Wildman–Crippen LogP) is 1.82.